The van der Waals surface area contributed by atoms with Crippen molar-refractivity contribution in [3.05, 3.63) is 53.4 Å². The molecule has 0 spiro atoms. The molecule has 0 radical (unpaired) electrons. The quantitative estimate of drug-likeness (QED) is 0.760. The van der Waals surface area contributed by atoms with Crippen LogP contribution in [0.15, 0.2) is 30.6 Å². The Bertz CT molecular complexity index is 626. The van der Waals surface area contributed by atoms with Gasteiger partial charge < -0.3 is 10.1 Å². The van der Waals surface area contributed by atoms with Crippen molar-refractivity contribution in [2.75, 3.05) is 0 Å². The molecule has 0 unspecified atom stereocenters. The summed E-state index contributed by atoms with van der Waals surface area (Å²) in [6, 6.07) is 5.01. The van der Waals surface area contributed by atoms with E-state index < -0.39 is 18.1 Å². The van der Waals surface area contributed by atoms with Gasteiger partial charge in [-0.25, -0.2) is 9.37 Å². The van der Waals surface area contributed by atoms with Crippen LogP contribution in [0.25, 0.3) is 0 Å². The van der Waals surface area contributed by atoms with Gasteiger partial charge in [0.05, 0.1) is 18.1 Å². The van der Waals surface area contributed by atoms with Gasteiger partial charge >= 0.3 is 5.97 Å². The summed E-state index contributed by atoms with van der Waals surface area (Å²) < 4.78 is 13.9. The number of hydrogen-bond acceptors (Lipinski definition) is 3. The zero-order valence-corrected chi connectivity index (χ0v) is 9.93. The summed E-state index contributed by atoms with van der Waals surface area (Å²) in [5.41, 5.74) is 1.80. The highest BCUT2D eigenvalue weighted by Crippen LogP contribution is 2.29. The Morgan fingerprint density at radius 1 is 1.42 bits per heavy atom. The molecule has 2 aromatic rings. The Balaban J connectivity index is 2.06. The highest BCUT2D eigenvalue weighted by Gasteiger charge is 2.34. The number of hydrogen-bond donors (Lipinski definition) is 3. The fourth-order valence-corrected chi connectivity index (χ4v) is 2.39. The van der Waals surface area contributed by atoms with E-state index >= 15 is 0 Å². The van der Waals surface area contributed by atoms with E-state index in [9.17, 15) is 9.18 Å². The van der Waals surface area contributed by atoms with E-state index in [2.05, 4.69) is 15.3 Å². The van der Waals surface area contributed by atoms with Gasteiger partial charge in [-0.3, -0.25) is 10.1 Å². The van der Waals surface area contributed by atoms with Crippen LogP contribution in [0.5, 0.6) is 0 Å². The number of benzene rings is 1. The smallest absolute Gasteiger partial charge is 0.321 e. The summed E-state index contributed by atoms with van der Waals surface area (Å²) in [7, 11) is 0. The Labute approximate surface area is 108 Å². The lowest BCUT2D eigenvalue weighted by Gasteiger charge is -2.28. The molecule has 98 valence electrons. The maximum absolute atomic E-state index is 13.9. The van der Waals surface area contributed by atoms with E-state index in [1.54, 1.807) is 18.2 Å². The summed E-state index contributed by atoms with van der Waals surface area (Å²) in [5, 5.41) is 12.1. The van der Waals surface area contributed by atoms with Crippen LogP contribution in [-0.2, 0) is 11.2 Å². The first-order valence-electron chi connectivity index (χ1n) is 5.92. The maximum Gasteiger partial charge on any atom is 0.321 e. The molecule has 0 fully saturated rings. The van der Waals surface area contributed by atoms with Crippen molar-refractivity contribution in [1.29, 1.82) is 0 Å². The van der Waals surface area contributed by atoms with Crippen LogP contribution in [0.4, 0.5) is 4.39 Å². The zero-order chi connectivity index (χ0) is 13.4. The minimum atomic E-state index is -0.957. The molecule has 1 aromatic carbocycles. The number of carboxylic acid groups (broad SMARTS) is 1. The van der Waals surface area contributed by atoms with Crippen LogP contribution in [-0.4, -0.2) is 27.1 Å². The molecule has 0 amide bonds. The number of fused-ring (bicyclic) bond motifs is 1. The first-order valence-corrected chi connectivity index (χ1v) is 5.92. The van der Waals surface area contributed by atoms with Crippen LogP contribution in [0, 0.1) is 5.82 Å². The summed E-state index contributed by atoms with van der Waals surface area (Å²) in [4.78, 5) is 18.3. The predicted octanol–water partition coefficient (Wildman–Crippen LogP) is 1.24. The number of H-pyrrole nitrogens is 1. The third-order valence-corrected chi connectivity index (χ3v) is 3.32. The highest BCUT2D eigenvalue weighted by molar-refractivity contribution is 5.74. The molecular formula is C13H12FN3O2. The van der Waals surface area contributed by atoms with Crippen LogP contribution in [0.3, 0.4) is 0 Å². The van der Waals surface area contributed by atoms with Crippen molar-refractivity contribution in [2.24, 2.45) is 0 Å². The standard InChI is InChI=1S/C13H12FN3O2/c14-8-4-2-1-3-7(8)11-12-9(15-6-16-12)5-10(17-11)13(18)19/h1-4,6,10-11,17H,5H2,(H,15,16)(H,18,19)/t10-,11-/m1/s1. The highest BCUT2D eigenvalue weighted by atomic mass is 19.1. The molecule has 3 N–H and O–H groups in total. The van der Waals surface area contributed by atoms with Gasteiger partial charge in [0.15, 0.2) is 0 Å². The second kappa shape index (κ2) is 4.47. The van der Waals surface area contributed by atoms with Crippen LogP contribution >= 0.6 is 0 Å². The van der Waals surface area contributed by atoms with Gasteiger partial charge in [-0.1, -0.05) is 18.2 Å². The largest absolute Gasteiger partial charge is 0.480 e. The van der Waals surface area contributed by atoms with Crippen LogP contribution in [0.1, 0.15) is 23.0 Å². The fraction of sp³-hybridized carbons (Fsp3) is 0.231. The normalized spacial score (nSPS) is 21.9. The molecule has 19 heavy (non-hydrogen) atoms. The minimum Gasteiger partial charge on any atom is -0.480 e. The van der Waals surface area contributed by atoms with E-state index in [0.29, 0.717) is 17.7 Å². The first-order chi connectivity index (χ1) is 9.16. The van der Waals surface area contributed by atoms with Gasteiger partial charge in [0.25, 0.3) is 0 Å². The number of aliphatic carboxylic acids is 1. The maximum atomic E-state index is 13.9. The number of nitrogens with one attached hydrogen (secondary N) is 2. The molecule has 1 aliphatic heterocycles. The summed E-state index contributed by atoms with van der Waals surface area (Å²) in [6.07, 6.45) is 1.82. The van der Waals surface area contributed by atoms with Crippen LogP contribution < -0.4 is 5.32 Å². The molecule has 0 saturated carbocycles. The van der Waals surface area contributed by atoms with Crippen molar-refractivity contribution in [2.45, 2.75) is 18.5 Å². The molecule has 2 heterocycles. The second-order valence-electron chi connectivity index (χ2n) is 4.48. The number of rotatable bonds is 2. The summed E-state index contributed by atoms with van der Waals surface area (Å²) >= 11 is 0. The number of halogens is 1. The van der Waals surface area contributed by atoms with Crippen molar-refractivity contribution in [3.63, 3.8) is 0 Å². The third kappa shape index (κ3) is 2.00. The van der Waals surface area contributed by atoms with Gasteiger partial charge in [-0.05, 0) is 6.07 Å². The van der Waals surface area contributed by atoms with Crippen molar-refractivity contribution in [1.82, 2.24) is 15.3 Å². The molecule has 0 bridgehead atoms. The Kier molecular flexibility index (Phi) is 2.79. The lowest BCUT2D eigenvalue weighted by atomic mass is 9.94. The molecule has 5 nitrogen and oxygen atoms in total. The fourth-order valence-electron chi connectivity index (χ4n) is 2.39. The molecule has 1 aliphatic rings. The topological polar surface area (TPSA) is 78.0 Å². The van der Waals surface area contributed by atoms with Crippen LogP contribution in [0.2, 0.25) is 0 Å². The monoisotopic (exact) mass is 261 g/mol. The first kappa shape index (κ1) is 11.9. The average molecular weight is 261 g/mol. The number of carbonyl (C=O) groups is 1. The van der Waals surface area contributed by atoms with Crippen molar-refractivity contribution >= 4 is 5.97 Å². The number of nitrogens with zero attached hydrogens (tertiary/aromatic N) is 1. The molecule has 6 heteroatoms. The Hall–Kier alpha value is -2.21. The van der Waals surface area contributed by atoms with Crippen molar-refractivity contribution < 1.29 is 14.3 Å². The van der Waals surface area contributed by atoms with Gasteiger partial charge in [-0.2, -0.15) is 0 Å². The third-order valence-electron chi connectivity index (χ3n) is 3.32. The number of aromatic amines is 1. The van der Waals surface area contributed by atoms with E-state index in [4.69, 9.17) is 5.11 Å². The molecule has 0 saturated heterocycles. The lowest BCUT2D eigenvalue weighted by Crippen LogP contribution is -2.45. The summed E-state index contributed by atoms with van der Waals surface area (Å²) in [5.74, 6) is -1.33. The van der Waals surface area contributed by atoms with E-state index in [1.165, 1.54) is 12.4 Å². The summed E-state index contributed by atoms with van der Waals surface area (Å²) in [6.45, 7) is 0. The minimum absolute atomic E-state index is 0.315. The molecular weight excluding hydrogens is 249 g/mol. The van der Waals surface area contributed by atoms with Gasteiger partial charge in [0, 0.05) is 17.7 Å². The van der Waals surface area contributed by atoms with Gasteiger partial charge in [0.1, 0.15) is 11.9 Å². The second-order valence-corrected chi connectivity index (χ2v) is 4.48. The number of imidazole rings is 1. The van der Waals surface area contributed by atoms with Gasteiger partial charge in [0.2, 0.25) is 0 Å². The SMILES string of the molecule is O=C(O)[C@H]1Cc2[nH]cnc2[C@@H](c2ccccc2F)N1. The van der Waals surface area contributed by atoms with E-state index in [1.807, 2.05) is 0 Å². The molecule has 0 aliphatic carbocycles. The van der Waals surface area contributed by atoms with E-state index in [0.717, 1.165) is 5.69 Å². The molecule has 2 atom stereocenters. The van der Waals surface area contributed by atoms with Crippen molar-refractivity contribution in [3.8, 4) is 0 Å². The Morgan fingerprint density at radius 2 is 2.21 bits per heavy atom. The average Bonchev–Trinajstić information content (AvgIpc) is 2.86. The Morgan fingerprint density at radius 3 is 2.95 bits per heavy atom. The van der Waals surface area contributed by atoms with E-state index in [-0.39, 0.29) is 5.82 Å². The lowest BCUT2D eigenvalue weighted by molar-refractivity contribution is -0.139. The predicted molar refractivity (Wildman–Crippen MR) is 65.1 cm³/mol. The molecule has 1 aromatic heterocycles. The zero-order valence-electron chi connectivity index (χ0n) is 9.93. The number of carboxylic acids is 1. The number of aromatic nitrogens is 2. The molecule has 3 rings (SSSR count). The van der Waals surface area contributed by atoms with Gasteiger partial charge in [-0.15, -0.1) is 0 Å².